The Hall–Kier alpha value is -3.21. The van der Waals surface area contributed by atoms with Gasteiger partial charge in [0.25, 0.3) is 0 Å². The van der Waals surface area contributed by atoms with Gasteiger partial charge in [-0.25, -0.2) is 0 Å². The summed E-state index contributed by atoms with van der Waals surface area (Å²) < 4.78 is 17.0. The fourth-order valence-electron chi connectivity index (χ4n) is 4.18. The number of carbonyl (C=O) groups is 1. The van der Waals surface area contributed by atoms with Gasteiger partial charge in [0.05, 0.1) is 20.5 Å². The van der Waals surface area contributed by atoms with Crippen LogP contribution in [0.3, 0.4) is 0 Å². The lowest BCUT2D eigenvalue weighted by Crippen LogP contribution is -2.25. The number of benzene rings is 2. The van der Waals surface area contributed by atoms with Crippen molar-refractivity contribution in [3.8, 4) is 22.6 Å². The van der Waals surface area contributed by atoms with E-state index < -0.39 is 0 Å². The molecule has 0 bridgehead atoms. The molecule has 156 valence electrons. The Balaban J connectivity index is 1.84. The van der Waals surface area contributed by atoms with Crippen molar-refractivity contribution in [2.75, 3.05) is 27.3 Å². The van der Waals surface area contributed by atoms with Gasteiger partial charge in [-0.1, -0.05) is 12.1 Å². The van der Waals surface area contributed by atoms with Gasteiger partial charge in [-0.3, -0.25) is 4.79 Å². The first kappa shape index (κ1) is 20.1. The third kappa shape index (κ3) is 3.56. The zero-order chi connectivity index (χ0) is 21.3. The highest BCUT2D eigenvalue weighted by molar-refractivity contribution is 6.01. The lowest BCUT2D eigenvalue weighted by molar-refractivity contribution is -0.124. The molecule has 1 fully saturated rings. The largest absolute Gasteiger partial charge is 0.497 e. The molecule has 0 atom stereocenters. The third-order valence-corrected chi connectivity index (χ3v) is 5.81. The fraction of sp³-hybridized carbons (Fsp3) is 0.320. The van der Waals surface area contributed by atoms with Crippen molar-refractivity contribution in [1.29, 1.82) is 0 Å². The monoisotopic (exact) mass is 405 g/mol. The molecule has 1 saturated heterocycles. The molecular weight excluding hydrogens is 378 g/mol. The molecule has 1 amide bonds. The van der Waals surface area contributed by atoms with Gasteiger partial charge in [0, 0.05) is 41.2 Å². The van der Waals surface area contributed by atoms with E-state index >= 15 is 0 Å². The van der Waals surface area contributed by atoms with Gasteiger partial charge in [0.1, 0.15) is 17.1 Å². The second-order valence-electron chi connectivity index (χ2n) is 7.70. The van der Waals surface area contributed by atoms with Crippen LogP contribution in [0.5, 0.6) is 11.5 Å². The molecule has 30 heavy (non-hydrogen) atoms. The van der Waals surface area contributed by atoms with Crippen LogP contribution >= 0.6 is 0 Å². The van der Waals surface area contributed by atoms with Crippen LogP contribution < -0.4 is 9.47 Å². The number of furan rings is 1. The summed E-state index contributed by atoms with van der Waals surface area (Å²) in [6.07, 6.45) is 5.64. The summed E-state index contributed by atoms with van der Waals surface area (Å²) in [6.45, 7) is 5.61. The summed E-state index contributed by atoms with van der Waals surface area (Å²) in [5, 5.41) is 0.984. The van der Waals surface area contributed by atoms with Gasteiger partial charge in [0.2, 0.25) is 5.91 Å². The van der Waals surface area contributed by atoms with Gasteiger partial charge in [0.15, 0.2) is 0 Å². The molecule has 4 rings (SSSR count). The first-order chi connectivity index (χ1) is 14.5. The topological polar surface area (TPSA) is 51.9 Å². The molecule has 5 nitrogen and oxygen atoms in total. The van der Waals surface area contributed by atoms with Crippen LogP contribution in [0.2, 0.25) is 0 Å². The van der Waals surface area contributed by atoms with E-state index in [2.05, 4.69) is 6.07 Å². The molecule has 0 N–H and O–H groups in total. The van der Waals surface area contributed by atoms with Crippen molar-refractivity contribution >= 4 is 22.4 Å². The van der Waals surface area contributed by atoms with Gasteiger partial charge >= 0.3 is 0 Å². The van der Waals surface area contributed by atoms with Crippen molar-refractivity contribution in [2.24, 2.45) is 0 Å². The van der Waals surface area contributed by atoms with Crippen LogP contribution in [-0.4, -0.2) is 38.1 Å². The van der Waals surface area contributed by atoms with Crippen LogP contribution in [0.1, 0.15) is 30.9 Å². The summed E-state index contributed by atoms with van der Waals surface area (Å²) >= 11 is 0. The van der Waals surface area contributed by atoms with E-state index in [1.165, 1.54) is 0 Å². The fourth-order valence-corrected chi connectivity index (χ4v) is 4.18. The number of rotatable bonds is 5. The number of aryl methyl sites for hydroxylation is 1. The van der Waals surface area contributed by atoms with Crippen LogP contribution in [0.4, 0.5) is 0 Å². The minimum Gasteiger partial charge on any atom is -0.497 e. The number of hydrogen-bond donors (Lipinski definition) is 0. The number of fused-ring (bicyclic) bond motifs is 1. The van der Waals surface area contributed by atoms with Crippen molar-refractivity contribution in [2.45, 2.75) is 26.7 Å². The van der Waals surface area contributed by atoms with E-state index in [4.69, 9.17) is 13.9 Å². The second kappa shape index (κ2) is 8.27. The third-order valence-electron chi connectivity index (χ3n) is 5.81. The maximum absolute atomic E-state index is 12.7. The highest BCUT2D eigenvalue weighted by Gasteiger charge is 2.21. The Labute approximate surface area is 176 Å². The van der Waals surface area contributed by atoms with E-state index in [1.54, 1.807) is 26.6 Å². The number of methoxy groups -OCH3 is 2. The predicted molar refractivity (Wildman–Crippen MR) is 119 cm³/mol. The van der Waals surface area contributed by atoms with Crippen molar-refractivity contribution in [3.05, 3.63) is 53.8 Å². The Morgan fingerprint density at radius 1 is 1.13 bits per heavy atom. The Morgan fingerprint density at radius 2 is 1.90 bits per heavy atom. The maximum Gasteiger partial charge on any atom is 0.246 e. The van der Waals surface area contributed by atoms with Crippen molar-refractivity contribution in [3.63, 3.8) is 0 Å². The summed E-state index contributed by atoms with van der Waals surface area (Å²) in [6, 6.07) is 9.96. The predicted octanol–water partition coefficient (Wildman–Crippen LogP) is 5.45. The average molecular weight is 405 g/mol. The minimum absolute atomic E-state index is 0.0602. The Kier molecular flexibility index (Phi) is 5.53. The highest BCUT2D eigenvalue weighted by atomic mass is 16.5. The van der Waals surface area contributed by atoms with E-state index in [0.717, 1.165) is 76.2 Å². The van der Waals surface area contributed by atoms with Gasteiger partial charge in [-0.15, -0.1) is 0 Å². The molecule has 2 heterocycles. The molecule has 0 unspecified atom stereocenters. The molecule has 5 heteroatoms. The van der Waals surface area contributed by atoms with E-state index in [9.17, 15) is 4.79 Å². The molecule has 0 saturated carbocycles. The summed E-state index contributed by atoms with van der Waals surface area (Å²) in [7, 11) is 3.31. The lowest BCUT2D eigenvalue weighted by Gasteiger charge is -2.16. The quantitative estimate of drug-likeness (QED) is 0.530. The smallest absolute Gasteiger partial charge is 0.246 e. The van der Waals surface area contributed by atoms with Gasteiger partial charge < -0.3 is 18.8 Å². The molecule has 1 aromatic heterocycles. The van der Waals surface area contributed by atoms with Crippen molar-refractivity contribution in [1.82, 2.24) is 4.90 Å². The second-order valence-corrected chi connectivity index (χ2v) is 7.70. The van der Waals surface area contributed by atoms with Crippen LogP contribution in [0.15, 0.2) is 47.1 Å². The standard InChI is InChI=1S/C25H27NO4/c1-16(12-23(27)26-10-5-6-11-26)20-14-21-22(18-8-7-9-19(13-18)28-3)15-30-25(21)17(2)24(20)29-4/h7-9,12-15H,5-6,10-11H2,1-4H3/b16-12+. The number of amides is 1. The molecule has 1 aliphatic heterocycles. The molecule has 3 aromatic rings. The van der Waals surface area contributed by atoms with Crippen LogP contribution in [0.25, 0.3) is 27.7 Å². The molecular formula is C25H27NO4. The van der Waals surface area contributed by atoms with Crippen molar-refractivity contribution < 1.29 is 18.7 Å². The number of allylic oxidation sites excluding steroid dienone is 1. The zero-order valence-corrected chi connectivity index (χ0v) is 18.0. The number of ether oxygens (including phenoxy) is 2. The van der Waals surface area contributed by atoms with E-state index in [0.29, 0.717) is 0 Å². The van der Waals surface area contributed by atoms with Crippen LogP contribution in [0, 0.1) is 6.92 Å². The Morgan fingerprint density at radius 3 is 2.60 bits per heavy atom. The SMILES string of the molecule is COc1cccc(-c2coc3c(C)c(OC)c(/C(C)=C/C(=O)N4CCCC4)cc23)c1. The average Bonchev–Trinajstić information content (AvgIpc) is 3.44. The highest BCUT2D eigenvalue weighted by Crippen LogP contribution is 2.41. The van der Waals surface area contributed by atoms with E-state index in [1.807, 2.05) is 43.0 Å². The van der Waals surface area contributed by atoms with Gasteiger partial charge in [-0.2, -0.15) is 0 Å². The van der Waals surface area contributed by atoms with Gasteiger partial charge in [-0.05, 0) is 56.0 Å². The maximum atomic E-state index is 12.7. The first-order valence-electron chi connectivity index (χ1n) is 10.2. The lowest BCUT2D eigenvalue weighted by atomic mass is 9.96. The number of hydrogen-bond acceptors (Lipinski definition) is 4. The minimum atomic E-state index is 0.0602. The molecule has 0 spiro atoms. The molecule has 0 radical (unpaired) electrons. The Bertz CT molecular complexity index is 1120. The molecule has 0 aliphatic carbocycles. The number of carbonyl (C=O) groups excluding carboxylic acids is 1. The van der Waals surface area contributed by atoms with Crippen LogP contribution in [-0.2, 0) is 4.79 Å². The summed E-state index contributed by atoms with van der Waals surface area (Å²) in [5.74, 6) is 1.58. The zero-order valence-electron chi connectivity index (χ0n) is 18.0. The molecule has 1 aliphatic rings. The normalized spacial score (nSPS) is 14.4. The summed E-state index contributed by atoms with van der Waals surface area (Å²) in [5.41, 5.74) is 5.48. The summed E-state index contributed by atoms with van der Waals surface area (Å²) in [4.78, 5) is 14.6. The van der Waals surface area contributed by atoms with E-state index in [-0.39, 0.29) is 5.91 Å². The number of nitrogens with zero attached hydrogens (tertiary/aromatic N) is 1. The number of likely N-dealkylation sites (tertiary alicyclic amines) is 1. The first-order valence-corrected chi connectivity index (χ1v) is 10.2. The molecule has 2 aromatic carbocycles.